The first-order valence-electron chi connectivity index (χ1n) is 9.62. The fourth-order valence-corrected chi connectivity index (χ4v) is 5.00. The van der Waals surface area contributed by atoms with E-state index in [1.165, 1.54) is 11.3 Å². The lowest BCUT2D eigenvalue weighted by Crippen LogP contribution is -2.58. The van der Waals surface area contributed by atoms with Gasteiger partial charge in [0.1, 0.15) is 11.6 Å². The molecule has 11 heteroatoms. The molecule has 1 saturated carbocycles. The van der Waals surface area contributed by atoms with Crippen molar-refractivity contribution in [1.82, 2.24) is 15.6 Å². The van der Waals surface area contributed by atoms with Gasteiger partial charge in [-0.25, -0.2) is 15.0 Å². The molecule has 2 aliphatic rings. The lowest BCUT2D eigenvalue weighted by Gasteiger charge is -2.34. The maximum Gasteiger partial charge on any atom is 0.408 e. The molecule has 4 N–H and O–H groups in total. The quantitative estimate of drug-likeness (QED) is 0.583. The third-order valence-corrected chi connectivity index (χ3v) is 6.43. The lowest BCUT2D eigenvalue weighted by molar-refractivity contribution is -0.118. The normalized spacial score (nSPS) is 31.2. The van der Waals surface area contributed by atoms with Crippen LogP contribution in [0.2, 0.25) is 0 Å². The van der Waals surface area contributed by atoms with Crippen molar-refractivity contribution >= 4 is 33.2 Å². The van der Waals surface area contributed by atoms with E-state index in [1.54, 1.807) is 6.92 Å². The van der Waals surface area contributed by atoms with Crippen LogP contribution in [0.1, 0.15) is 30.7 Å². The summed E-state index contributed by atoms with van der Waals surface area (Å²) in [6, 6.07) is 7.24. The van der Waals surface area contributed by atoms with Gasteiger partial charge >= 0.3 is 6.18 Å². The zero-order valence-electron chi connectivity index (χ0n) is 16.1. The van der Waals surface area contributed by atoms with E-state index in [4.69, 9.17) is 0 Å². The number of benzene rings is 1. The minimum atomic E-state index is -4.43. The van der Waals surface area contributed by atoms with Crippen LogP contribution in [0.4, 0.5) is 13.2 Å². The first-order chi connectivity index (χ1) is 14.2. The second kappa shape index (κ2) is 8.22. The molecule has 2 heterocycles. The number of alkyl halides is 3. The molecule has 4 rings (SSSR count). The molecule has 2 aromatic rings. The molecule has 0 saturated heterocycles. The number of aliphatic hydroxyl groups is 2. The molecule has 7 nitrogen and oxygen atoms in total. The van der Waals surface area contributed by atoms with Crippen molar-refractivity contribution in [2.45, 2.75) is 56.3 Å². The Morgan fingerprint density at radius 3 is 2.70 bits per heavy atom. The van der Waals surface area contributed by atoms with Crippen LogP contribution in [0, 0.1) is 0 Å². The number of nitrogens with zero attached hydrogens (tertiary/aromatic N) is 3. The summed E-state index contributed by atoms with van der Waals surface area (Å²) in [6.45, 7) is 0.394. The zero-order chi connectivity index (χ0) is 21.5. The number of hydrogen-bond donors (Lipinski definition) is 4. The van der Waals surface area contributed by atoms with Crippen molar-refractivity contribution in [1.29, 1.82) is 0 Å². The topological polar surface area (TPSA) is 102 Å². The minimum Gasteiger partial charge on any atom is -0.390 e. The molecule has 1 aromatic heterocycles. The summed E-state index contributed by atoms with van der Waals surface area (Å²) < 4.78 is 38.8. The number of rotatable bonds is 4. The number of aliphatic hydroxyl groups excluding tert-OH is 2. The monoisotopic (exact) mass is 441 g/mol. The van der Waals surface area contributed by atoms with Crippen LogP contribution in [-0.4, -0.2) is 64.0 Å². The maximum atomic E-state index is 12.6. The summed E-state index contributed by atoms with van der Waals surface area (Å²) >= 11 is 1.49. The van der Waals surface area contributed by atoms with Crippen LogP contribution < -0.4 is 10.6 Å². The van der Waals surface area contributed by atoms with Crippen LogP contribution in [0.15, 0.2) is 34.3 Å². The standard InChI is InChI=1S/C19H22F3N5O2S/c1-9-14(17-26-10-4-2-3-5-13(10)30-17)16(25-11-6-7-12(28)15(11)29)27-18(24-9)23-8-19(20,21)22/h2-5,11-12,14-16,25,28-29H,6-8H2,1H3,(H,23,27). The summed E-state index contributed by atoms with van der Waals surface area (Å²) in [5, 5.41) is 27.0. The van der Waals surface area contributed by atoms with Gasteiger partial charge in [0, 0.05) is 11.8 Å². The number of aliphatic imine (C=N–C) groups is 2. The Morgan fingerprint density at radius 1 is 1.27 bits per heavy atom. The van der Waals surface area contributed by atoms with E-state index in [0.29, 0.717) is 18.6 Å². The Kier molecular flexibility index (Phi) is 5.80. The highest BCUT2D eigenvalue weighted by Crippen LogP contribution is 2.32. The Balaban J connectivity index is 1.67. The molecule has 1 fully saturated rings. The molecule has 0 radical (unpaired) electrons. The number of fused-ring (bicyclic) bond motifs is 1. The highest BCUT2D eigenvalue weighted by Gasteiger charge is 2.40. The Morgan fingerprint density at radius 2 is 2.03 bits per heavy atom. The van der Waals surface area contributed by atoms with Crippen LogP contribution in [0.3, 0.4) is 0 Å². The Hall–Kier alpha value is -2.08. The smallest absolute Gasteiger partial charge is 0.390 e. The van der Waals surface area contributed by atoms with Crippen molar-refractivity contribution in [3.05, 3.63) is 29.3 Å². The average Bonchev–Trinajstić information content (AvgIpc) is 3.24. The van der Waals surface area contributed by atoms with Gasteiger partial charge in [0.25, 0.3) is 0 Å². The number of halogens is 3. The average molecular weight is 441 g/mol. The van der Waals surface area contributed by atoms with Gasteiger partial charge in [0.05, 0.1) is 34.5 Å². The molecular formula is C19H22F3N5O2S. The van der Waals surface area contributed by atoms with Gasteiger partial charge < -0.3 is 15.5 Å². The second-order valence-corrected chi connectivity index (χ2v) is 8.60. The summed E-state index contributed by atoms with van der Waals surface area (Å²) in [5.74, 6) is -0.482. The molecule has 0 amide bonds. The number of para-hydroxylation sites is 1. The molecule has 0 bridgehead atoms. The summed E-state index contributed by atoms with van der Waals surface area (Å²) in [7, 11) is 0. The van der Waals surface area contributed by atoms with Crippen LogP contribution in [0.25, 0.3) is 10.2 Å². The van der Waals surface area contributed by atoms with Gasteiger partial charge in [-0.3, -0.25) is 5.32 Å². The maximum absolute atomic E-state index is 12.6. The molecular weight excluding hydrogens is 419 g/mol. The highest BCUT2D eigenvalue weighted by atomic mass is 32.1. The summed E-state index contributed by atoms with van der Waals surface area (Å²) in [4.78, 5) is 12.5. The summed E-state index contributed by atoms with van der Waals surface area (Å²) in [6.07, 6.45) is -5.83. The van der Waals surface area contributed by atoms with Crippen LogP contribution in [-0.2, 0) is 0 Å². The van der Waals surface area contributed by atoms with Crippen molar-refractivity contribution in [2.75, 3.05) is 6.54 Å². The number of thiazole rings is 1. The molecule has 30 heavy (non-hydrogen) atoms. The number of guanidine groups is 1. The zero-order valence-corrected chi connectivity index (χ0v) is 16.9. The summed E-state index contributed by atoms with van der Waals surface area (Å²) in [5.41, 5.74) is 1.40. The molecule has 5 atom stereocenters. The van der Waals surface area contributed by atoms with Gasteiger partial charge in [0.15, 0.2) is 0 Å². The lowest BCUT2D eigenvalue weighted by atomic mass is 9.98. The predicted octanol–water partition coefficient (Wildman–Crippen LogP) is 2.16. The Bertz CT molecular complexity index is 943. The van der Waals surface area contributed by atoms with E-state index >= 15 is 0 Å². The molecule has 5 unspecified atom stereocenters. The first kappa shape index (κ1) is 21.2. The fraction of sp³-hybridized carbons (Fsp3) is 0.526. The van der Waals surface area contributed by atoms with Gasteiger partial charge in [0.2, 0.25) is 5.96 Å². The molecule has 1 aromatic carbocycles. The van der Waals surface area contributed by atoms with Crippen molar-refractivity contribution in [3.8, 4) is 0 Å². The predicted molar refractivity (Wildman–Crippen MR) is 109 cm³/mol. The van der Waals surface area contributed by atoms with E-state index in [-0.39, 0.29) is 11.9 Å². The van der Waals surface area contributed by atoms with E-state index in [0.717, 1.165) is 15.2 Å². The van der Waals surface area contributed by atoms with Crippen molar-refractivity contribution in [2.24, 2.45) is 9.98 Å². The van der Waals surface area contributed by atoms with Gasteiger partial charge in [-0.1, -0.05) is 12.1 Å². The largest absolute Gasteiger partial charge is 0.408 e. The van der Waals surface area contributed by atoms with E-state index in [9.17, 15) is 23.4 Å². The van der Waals surface area contributed by atoms with Crippen LogP contribution >= 0.6 is 11.3 Å². The molecule has 0 spiro atoms. The minimum absolute atomic E-state index is 0.118. The van der Waals surface area contributed by atoms with Crippen molar-refractivity contribution < 1.29 is 23.4 Å². The SMILES string of the molecule is CC1=NC(=NCC(F)(F)F)NC(NC2CCC(O)C2O)C1c1nc2ccccc2s1. The van der Waals surface area contributed by atoms with E-state index in [2.05, 4.69) is 25.6 Å². The first-order valence-corrected chi connectivity index (χ1v) is 10.4. The number of hydrogen-bond acceptors (Lipinski definition) is 6. The molecule has 1 aliphatic carbocycles. The molecule has 1 aliphatic heterocycles. The second-order valence-electron chi connectivity index (χ2n) is 7.54. The molecule has 162 valence electrons. The van der Waals surface area contributed by atoms with E-state index in [1.807, 2.05) is 24.3 Å². The van der Waals surface area contributed by atoms with E-state index < -0.39 is 37.1 Å². The number of aromatic nitrogens is 1. The number of nitrogens with one attached hydrogen (secondary N) is 2. The highest BCUT2D eigenvalue weighted by molar-refractivity contribution is 7.18. The van der Waals surface area contributed by atoms with Gasteiger partial charge in [-0.05, 0) is 31.9 Å². The van der Waals surface area contributed by atoms with Crippen LogP contribution in [0.5, 0.6) is 0 Å². The van der Waals surface area contributed by atoms with Gasteiger partial charge in [-0.2, -0.15) is 13.2 Å². The Labute approximate surface area is 174 Å². The van der Waals surface area contributed by atoms with Gasteiger partial charge in [-0.15, -0.1) is 11.3 Å². The van der Waals surface area contributed by atoms with Crippen molar-refractivity contribution in [3.63, 3.8) is 0 Å². The fourth-order valence-electron chi connectivity index (χ4n) is 3.83. The third kappa shape index (κ3) is 4.48. The third-order valence-electron chi connectivity index (χ3n) is 5.31.